The van der Waals surface area contributed by atoms with Crippen molar-refractivity contribution in [3.8, 4) is 10.6 Å². The van der Waals surface area contributed by atoms with Crippen molar-refractivity contribution in [3.05, 3.63) is 29.3 Å². The molecule has 2 aromatic heterocycles. The first-order valence-electron chi connectivity index (χ1n) is 8.62. The van der Waals surface area contributed by atoms with Gasteiger partial charge in [0.25, 0.3) is 5.91 Å². The van der Waals surface area contributed by atoms with Gasteiger partial charge in [0.15, 0.2) is 0 Å². The van der Waals surface area contributed by atoms with E-state index in [0.29, 0.717) is 18.5 Å². The van der Waals surface area contributed by atoms with Gasteiger partial charge in [-0.15, -0.1) is 11.3 Å². The van der Waals surface area contributed by atoms with Gasteiger partial charge in [-0.1, -0.05) is 13.0 Å². The summed E-state index contributed by atoms with van der Waals surface area (Å²) in [7, 11) is 1.77. The molecular weight excluding hydrogens is 338 g/mol. The number of aromatic nitrogens is 2. The summed E-state index contributed by atoms with van der Waals surface area (Å²) in [5.41, 5.74) is 0.512. The van der Waals surface area contributed by atoms with Crippen molar-refractivity contribution in [1.29, 1.82) is 0 Å². The lowest BCUT2D eigenvalue weighted by molar-refractivity contribution is -0.151. The number of hydrogen-bond donors (Lipinski definition) is 1. The van der Waals surface area contributed by atoms with Gasteiger partial charge in [0.1, 0.15) is 11.4 Å². The standard InChI is InChI=1S/C18H21N3O3S/c1-3-18(17(23)24)10-11-6-7-15(18)21(11)16(22)13-9-12(19-20(13)2)14-5-4-8-25-14/h4-5,8-9,11,15H,3,6-7,10H2,1-2H3,(H,23,24)/t11-,15+,18+/m0/s1. The van der Waals surface area contributed by atoms with Gasteiger partial charge >= 0.3 is 5.97 Å². The molecule has 2 aromatic rings. The molecule has 2 fully saturated rings. The molecule has 132 valence electrons. The Hall–Kier alpha value is -2.15. The van der Waals surface area contributed by atoms with Crippen molar-refractivity contribution in [2.45, 2.75) is 44.7 Å². The minimum atomic E-state index is -0.798. The number of aryl methyl sites for hydroxylation is 1. The van der Waals surface area contributed by atoms with Crippen LogP contribution in [0.3, 0.4) is 0 Å². The summed E-state index contributed by atoms with van der Waals surface area (Å²) in [5, 5.41) is 16.2. The second-order valence-electron chi connectivity index (χ2n) is 6.99. The Morgan fingerprint density at radius 1 is 1.44 bits per heavy atom. The average Bonchev–Trinajstić information content (AvgIpc) is 3.36. The summed E-state index contributed by atoms with van der Waals surface area (Å²) in [6, 6.07) is 5.56. The second-order valence-corrected chi connectivity index (χ2v) is 7.94. The number of amides is 1. The number of carbonyl (C=O) groups excluding carboxylic acids is 1. The van der Waals surface area contributed by atoms with Crippen LogP contribution in [0.1, 0.15) is 43.1 Å². The van der Waals surface area contributed by atoms with E-state index < -0.39 is 11.4 Å². The number of hydrogen-bond acceptors (Lipinski definition) is 4. The van der Waals surface area contributed by atoms with E-state index in [0.717, 1.165) is 23.4 Å². The average molecular weight is 359 g/mol. The summed E-state index contributed by atoms with van der Waals surface area (Å²) < 4.78 is 1.61. The molecule has 7 heteroatoms. The molecular formula is C18H21N3O3S. The van der Waals surface area contributed by atoms with Gasteiger partial charge in [0, 0.05) is 19.1 Å². The minimum Gasteiger partial charge on any atom is -0.481 e. The van der Waals surface area contributed by atoms with Crippen LogP contribution in [-0.2, 0) is 11.8 Å². The molecule has 6 nitrogen and oxygen atoms in total. The Balaban J connectivity index is 1.67. The SMILES string of the molecule is CC[C@@]1(C(=O)O)C[C@@H]2CC[C@H]1N2C(=O)c1cc(-c2cccs2)nn1C. The van der Waals surface area contributed by atoms with Crippen molar-refractivity contribution in [2.24, 2.45) is 12.5 Å². The molecule has 0 spiro atoms. The monoisotopic (exact) mass is 359 g/mol. The normalized spacial score (nSPS) is 27.8. The molecule has 25 heavy (non-hydrogen) atoms. The first-order valence-corrected chi connectivity index (χ1v) is 9.50. The number of carbonyl (C=O) groups is 2. The van der Waals surface area contributed by atoms with Crippen molar-refractivity contribution in [1.82, 2.24) is 14.7 Å². The molecule has 0 radical (unpaired) electrons. The van der Waals surface area contributed by atoms with E-state index >= 15 is 0 Å². The van der Waals surface area contributed by atoms with E-state index in [1.54, 1.807) is 23.1 Å². The lowest BCUT2D eigenvalue weighted by Gasteiger charge is -2.32. The number of aliphatic carboxylic acids is 1. The predicted octanol–water partition coefficient (Wildman–Crippen LogP) is 3.01. The number of rotatable bonds is 4. The number of nitrogens with zero attached hydrogens (tertiary/aromatic N) is 3. The Bertz CT molecular complexity index is 829. The molecule has 3 atom stereocenters. The smallest absolute Gasteiger partial charge is 0.311 e. The third kappa shape index (κ3) is 2.25. The van der Waals surface area contributed by atoms with E-state index in [2.05, 4.69) is 5.10 Å². The topological polar surface area (TPSA) is 75.4 Å². The fourth-order valence-corrected chi connectivity index (χ4v) is 5.28. The number of fused-ring (bicyclic) bond motifs is 2. The van der Waals surface area contributed by atoms with Crippen LogP contribution in [0, 0.1) is 5.41 Å². The summed E-state index contributed by atoms with van der Waals surface area (Å²) in [5.74, 6) is -0.869. The van der Waals surface area contributed by atoms with Gasteiger partial charge < -0.3 is 10.0 Å². The number of thiophene rings is 1. The van der Waals surface area contributed by atoms with E-state index in [4.69, 9.17) is 0 Å². The fourth-order valence-electron chi connectivity index (χ4n) is 4.60. The maximum atomic E-state index is 13.2. The highest BCUT2D eigenvalue weighted by Crippen LogP contribution is 2.52. The zero-order valence-corrected chi connectivity index (χ0v) is 15.1. The van der Waals surface area contributed by atoms with E-state index in [1.807, 2.05) is 35.4 Å². The highest BCUT2D eigenvalue weighted by Gasteiger charge is 2.60. The van der Waals surface area contributed by atoms with Crippen molar-refractivity contribution in [2.75, 3.05) is 0 Å². The third-order valence-electron chi connectivity index (χ3n) is 5.90. The first-order chi connectivity index (χ1) is 12.0. The number of carboxylic acids is 1. The molecule has 1 N–H and O–H groups in total. The van der Waals surface area contributed by atoms with Gasteiger partial charge in [-0.25, -0.2) is 0 Å². The van der Waals surface area contributed by atoms with Gasteiger partial charge in [-0.05, 0) is 43.2 Å². The fraction of sp³-hybridized carbons (Fsp3) is 0.500. The highest BCUT2D eigenvalue weighted by molar-refractivity contribution is 7.13. The van der Waals surface area contributed by atoms with Gasteiger partial charge in [-0.3, -0.25) is 14.3 Å². The van der Waals surface area contributed by atoms with Crippen LogP contribution >= 0.6 is 11.3 Å². The molecule has 0 unspecified atom stereocenters. The van der Waals surface area contributed by atoms with Gasteiger partial charge in [-0.2, -0.15) is 5.10 Å². The Kier molecular flexibility index (Phi) is 3.72. The molecule has 0 saturated carbocycles. The van der Waals surface area contributed by atoms with E-state index in [1.165, 1.54) is 0 Å². The molecule has 0 aromatic carbocycles. The second kappa shape index (κ2) is 5.69. The van der Waals surface area contributed by atoms with E-state index in [9.17, 15) is 14.7 Å². The summed E-state index contributed by atoms with van der Waals surface area (Å²) >= 11 is 1.58. The molecule has 4 rings (SSSR count). The van der Waals surface area contributed by atoms with Crippen LogP contribution in [0.5, 0.6) is 0 Å². The van der Waals surface area contributed by atoms with Gasteiger partial charge in [0.05, 0.1) is 10.3 Å². The zero-order valence-electron chi connectivity index (χ0n) is 14.3. The Labute approximate surface area is 150 Å². The Morgan fingerprint density at radius 2 is 2.24 bits per heavy atom. The van der Waals surface area contributed by atoms with Crippen LogP contribution in [0.25, 0.3) is 10.6 Å². The minimum absolute atomic E-state index is 0.0219. The zero-order chi connectivity index (χ0) is 17.8. The quantitative estimate of drug-likeness (QED) is 0.910. The lowest BCUT2D eigenvalue weighted by Crippen LogP contribution is -2.45. The van der Waals surface area contributed by atoms with Crippen LogP contribution in [0.2, 0.25) is 0 Å². The molecule has 1 amide bonds. The first kappa shape index (κ1) is 16.3. The third-order valence-corrected chi connectivity index (χ3v) is 6.80. The van der Waals surface area contributed by atoms with Crippen LogP contribution in [-0.4, -0.2) is 43.7 Å². The maximum Gasteiger partial charge on any atom is 0.311 e. The molecule has 2 aliphatic heterocycles. The predicted molar refractivity (Wildman–Crippen MR) is 94.5 cm³/mol. The molecule has 4 heterocycles. The molecule has 2 aliphatic rings. The van der Waals surface area contributed by atoms with Gasteiger partial charge in [0.2, 0.25) is 0 Å². The summed E-state index contributed by atoms with van der Waals surface area (Å²) in [4.78, 5) is 28.0. The van der Waals surface area contributed by atoms with Crippen molar-refractivity contribution < 1.29 is 14.7 Å². The van der Waals surface area contributed by atoms with E-state index in [-0.39, 0.29) is 18.0 Å². The maximum absolute atomic E-state index is 13.2. The highest BCUT2D eigenvalue weighted by atomic mass is 32.1. The Morgan fingerprint density at radius 3 is 2.84 bits per heavy atom. The molecule has 2 bridgehead atoms. The summed E-state index contributed by atoms with van der Waals surface area (Å²) in [6.07, 6.45) is 2.78. The van der Waals surface area contributed by atoms with Crippen LogP contribution in [0.4, 0.5) is 0 Å². The number of carboxylic acid groups (broad SMARTS) is 1. The molecule has 0 aliphatic carbocycles. The van der Waals surface area contributed by atoms with Crippen LogP contribution in [0.15, 0.2) is 23.6 Å². The molecule has 2 saturated heterocycles. The van der Waals surface area contributed by atoms with Crippen molar-refractivity contribution in [3.63, 3.8) is 0 Å². The lowest BCUT2D eigenvalue weighted by atomic mass is 9.72. The largest absolute Gasteiger partial charge is 0.481 e. The summed E-state index contributed by atoms with van der Waals surface area (Å²) in [6.45, 7) is 1.91. The van der Waals surface area contributed by atoms with Crippen molar-refractivity contribution >= 4 is 23.2 Å². The van der Waals surface area contributed by atoms with Crippen LogP contribution < -0.4 is 0 Å².